The first-order valence-corrected chi connectivity index (χ1v) is 13.9. The van der Waals surface area contributed by atoms with Gasteiger partial charge in [-0.15, -0.1) is 6.58 Å². The average Bonchev–Trinajstić information content (AvgIpc) is 2.89. The van der Waals surface area contributed by atoms with Crippen molar-refractivity contribution in [2.24, 2.45) is 11.5 Å². The molecular formula is C27H54N8O4. The minimum absolute atomic E-state index is 0.00896. The maximum Gasteiger partial charge on any atom is 0.221 e. The predicted molar refractivity (Wildman–Crippen MR) is 156 cm³/mol. The Morgan fingerprint density at radius 2 is 1.08 bits per heavy atom. The van der Waals surface area contributed by atoms with Crippen LogP contribution < -0.4 is 22.1 Å². The fraction of sp³-hybridized carbons (Fsp3) is 0.778. The molecule has 0 unspecified atom stereocenters. The number of nitrogens with zero attached hydrogens (tertiary/aromatic N) is 4. The summed E-state index contributed by atoms with van der Waals surface area (Å²) in [6.07, 6.45) is 5.76. The Morgan fingerprint density at radius 3 is 1.49 bits per heavy atom. The second kappa shape index (κ2) is 22.3. The lowest BCUT2D eigenvalue weighted by Crippen LogP contribution is -2.37. The third-order valence-corrected chi connectivity index (χ3v) is 6.54. The molecule has 0 radical (unpaired) electrons. The molecule has 12 heteroatoms. The molecule has 4 amide bonds. The van der Waals surface area contributed by atoms with Crippen LogP contribution in [0.15, 0.2) is 12.7 Å². The van der Waals surface area contributed by atoms with Crippen molar-refractivity contribution in [1.29, 1.82) is 0 Å². The molecule has 1 atom stereocenters. The SMILES string of the molecule is C=C[C@H](CCCCNC(=O)CCN(C)CCN(C)CCC(N)=O)NC(=O)CCN(C)CCN(C)CCC(N)=O. The Morgan fingerprint density at radius 1 is 0.667 bits per heavy atom. The van der Waals surface area contributed by atoms with Crippen LogP contribution in [0.1, 0.15) is 44.9 Å². The molecule has 0 spiro atoms. The lowest BCUT2D eigenvalue weighted by Gasteiger charge is -2.22. The van der Waals surface area contributed by atoms with Crippen molar-refractivity contribution in [3.8, 4) is 0 Å². The summed E-state index contributed by atoms with van der Waals surface area (Å²) in [5.74, 6) is -0.582. The summed E-state index contributed by atoms with van der Waals surface area (Å²) in [5.41, 5.74) is 10.4. The van der Waals surface area contributed by atoms with Crippen molar-refractivity contribution in [2.75, 3.05) is 87.1 Å². The Bertz CT molecular complexity index is 737. The van der Waals surface area contributed by atoms with Gasteiger partial charge in [0.15, 0.2) is 0 Å². The zero-order valence-electron chi connectivity index (χ0n) is 24.8. The monoisotopic (exact) mass is 554 g/mol. The number of amides is 4. The molecule has 0 aromatic rings. The van der Waals surface area contributed by atoms with E-state index in [1.54, 1.807) is 6.08 Å². The molecule has 0 aliphatic carbocycles. The van der Waals surface area contributed by atoms with E-state index in [1.807, 2.05) is 33.1 Å². The van der Waals surface area contributed by atoms with Crippen molar-refractivity contribution in [1.82, 2.24) is 30.2 Å². The molecule has 0 aromatic carbocycles. The normalized spacial score (nSPS) is 12.2. The van der Waals surface area contributed by atoms with Gasteiger partial charge in [0.25, 0.3) is 0 Å². The largest absolute Gasteiger partial charge is 0.370 e. The zero-order chi connectivity index (χ0) is 29.6. The van der Waals surface area contributed by atoms with Gasteiger partial charge in [0, 0.05) is 90.6 Å². The molecule has 0 aliphatic rings. The van der Waals surface area contributed by atoms with Crippen LogP contribution >= 0.6 is 0 Å². The predicted octanol–water partition coefficient (Wildman–Crippen LogP) is -0.798. The van der Waals surface area contributed by atoms with Gasteiger partial charge >= 0.3 is 0 Å². The smallest absolute Gasteiger partial charge is 0.221 e. The molecule has 12 nitrogen and oxygen atoms in total. The van der Waals surface area contributed by atoms with Gasteiger partial charge < -0.3 is 41.7 Å². The number of likely N-dealkylation sites (N-methyl/N-ethyl adjacent to an activating group) is 4. The zero-order valence-corrected chi connectivity index (χ0v) is 24.8. The standard InChI is InChI=1S/C27H54N8O4/c1-6-23(31-27(39)13-18-35(5)22-20-33(3)16-11-25(29)37)9-7-8-14-30-26(38)12-17-34(4)21-19-32(2)15-10-24(28)36/h6,23H,1,7-22H2,2-5H3,(H2,28,36)(H2,29,37)(H,30,38)(H,31,39)/t23-/m1/s1. The van der Waals surface area contributed by atoms with Gasteiger partial charge in [0.05, 0.1) is 0 Å². The first-order valence-electron chi connectivity index (χ1n) is 13.9. The highest BCUT2D eigenvalue weighted by atomic mass is 16.2. The van der Waals surface area contributed by atoms with Gasteiger partial charge in [0.1, 0.15) is 0 Å². The number of primary amides is 2. The van der Waals surface area contributed by atoms with Crippen molar-refractivity contribution in [2.45, 2.75) is 51.0 Å². The average molecular weight is 555 g/mol. The lowest BCUT2D eigenvalue weighted by atomic mass is 10.1. The van der Waals surface area contributed by atoms with E-state index >= 15 is 0 Å². The van der Waals surface area contributed by atoms with E-state index in [0.717, 1.165) is 45.4 Å². The summed E-state index contributed by atoms with van der Waals surface area (Å²) >= 11 is 0. The van der Waals surface area contributed by atoms with E-state index in [9.17, 15) is 19.2 Å². The van der Waals surface area contributed by atoms with Crippen LogP contribution in [0.3, 0.4) is 0 Å². The summed E-state index contributed by atoms with van der Waals surface area (Å²) in [6.45, 7) is 10.2. The second-order valence-electron chi connectivity index (χ2n) is 10.4. The molecule has 226 valence electrons. The minimum atomic E-state index is -0.302. The van der Waals surface area contributed by atoms with Crippen LogP contribution in [-0.4, -0.2) is 136 Å². The number of nitrogens with one attached hydrogen (secondary N) is 2. The van der Waals surface area contributed by atoms with Gasteiger partial charge in [-0.1, -0.05) is 6.08 Å². The van der Waals surface area contributed by atoms with E-state index < -0.39 is 0 Å². The molecular weight excluding hydrogens is 500 g/mol. The molecule has 6 N–H and O–H groups in total. The van der Waals surface area contributed by atoms with Gasteiger partial charge in [0.2, 0.25) is 23.6 Å². The third kappa shape index (κ3) is 23.1. The van der Waals surface area contributed by atoms with Gasteiger partial charge in [-0.25, -0.2) is 0 Å². The Balaban J connectivity index is 3.92. The molecule has 0 saturated heterocycles. The van der Waals surface area contributed by atoms with E-state index in [1.165, 1.54) is 0 Å². The van der Waals surface area contributed by atoms with E-state index in [-0.39, 0.29) is 29.7 Å². The Kier molecular flexibility index (Phi) is 20.8. The Hall–Kier alpha value is -2.54. The van der Waals surface area contributed by atoms with E-state index in [4.69, 9.17) is 11.5 Å². The van der Waals surface area contributed by atoms with Crippen molar-refractivity contribution >= 4 is 23.6 Å². The van der Waals surface area contributed by atoms with Crippen LogP contribution in [0.2, 0.25) is 0 Å². The maximum absolute atomic E-state index is 12.4. The fourth-order valence-electron chi connectivity index (χ4n) is 3.65. The lowest BCUT2D eigenvalue weighted by molar-refractivity contribution is -0.122. The molecule has 0 rings (SSSR count). The molecule has 0 saturated carbocycles. The molecule has 0 bridgehead atoms. The number of nitrogens with two attached hydrogens (primary N) is 2. The van der Waals surface area contributed by atoms with Crippen LogP contribution in [0.25, 0.3) is 0 Å². The summed E-state index contributed by atoms with van der Waals surface area (Å²) in [6, 6.07) is -0.0896. The second-order valence-corrected chi connectivity index (χ2v) is 10.4. The maximum atomic E-state index is 12.4. The minimum Gasteiger partial charge on any atom is -0.370 e. The topological polar surface area (TPSA) is 157 Å². The molecule has 0 aliphatic heterocycles. The summed E-state index contributed by atoms with van der Waals surface area (Å²) < 4.78 is 0. The number of unbranched alkanes of at least 4 members (excludes halogenated alkanes) is 1. The number of hydrogen-bond donors (Lipinski definition) is 4. The van der Waals surface area contributed by atoms with Crippen molar-refractivity contribution in [3.63, 3.8) is 0 Å². The first kappa shape index (κ1) is 36.5. The molecule has 0 fully saturated rings. The van der Waals surface area contributed by atoms with Gasteiger partial charge in [-0.3, -0.25) is 19.2 Å². The highest BCUT2D eigenvalue weighted by Crippen LogP contribution is 2.03. The van der Waals surface area contributed by atoms with Crippen molar-refractivity contribution in [3.05, 3.63) is 12.7 Å². The summed E-state index contributed by atoms with van der Waals surface area (Å²) in [5, 5.41) is 5.98. The van der Waals surface area contributed by atoms with E-state index in [2.05, 4.69) is 31.9 Å². The first-order chi connectivity index (χ1) is 18.4. The summed E-state index contributed by atoms with van der Waals surface area (Å²) in [4.78, 5) is 54.5. The number of hydrogen-bond acceptors (Lipinski definition) is 8. The van der Waals surface area contributed by atoms with Gasteiger partial charge in [-0.05, 0) is 47.5 Å². The fourth-order valence-corrected chi connectivity index (χ4v) is 3.65. The number of rotatable bonds is 25. The summed E-state index contributed by atoms with van der Waals surface area (Å²) in [7, 11) is 7.84. The number of carbonyl (C=O) groups excluding carboxylic acids is 4. The van der Waals surface area contributed by atoms with E-state index in [0.29, 0.717) is 58.4 Å². The van der Waals surface area contributed by atoms with Crippen LogP contribution in [0.4, 0.5) is 0 Å². The van der Waals surface area contributed by atoms with Crippen LogP contribution in [0.5, 0.6) is 0 Å². The highest BCUT2D eigenvalue weighted by Gasteiger charge is 2.11. The Labute approximate surface area is 235 Å². The van der Waals surface area contributed by atoms with Gasteiger partial charge in [-0.2, -0.15) is 0 Å². The molecule has 39 heavy (non-hydrogen) atoms. The quantitative estimate of drug-likeness (QED) is 0.0844. The van der Waals surface area contributed by atoms with Crippen molar-refractivity contribution < 1.29 is 19.2 Å². The molecule has 0 aromatic heterocycles. The highest BCUT2D eigenvalue weighted by molar-refractivity contribution is 5.77. The van der Waals surface area contributed by atoms with Crippen LogP contribution in [0, 0.1) is 0 Å². The third-order valence-electron chi connectivity index (χ3n) is 6.54. The molecule has 0 heterocycles. The number of carbonyl (C=O) groups is 4. The van der Waals surface area contributed by atoms with Crippen LogP contribution in [-0.2, 0) is 19.2 Å².